The van der Waals surface area contributed by atoms with Gasteiger partial charge in [0.15, 0.2) is 4.77 Å². The van der Waals surface area contributed by atoms with Crippen molar-refractivity contribution in [1.29, 1.82) is 0 Å². The SMILES string of the molecule is CC(Cn1c(=S)[nH]c2c(F)cccc21)C1CC1. The summed E-state index contributed by atoms with van der Waals surface area (Å²) >= 11 is 5.28. The van der Waals surface area contributed by atoms with Crippen LogP contribution in [0.5, 0.6) is 0 Å². The number of nitrogens with one attached hydrogen (secondary N) is 1. The molecule has 0 amide bonds. The second kappa shape index (κ2) is 3.95. The van der Waals surface area contributed by atoms with E-state index < -0.39 is 0 Å². The number of imidazole rings is 1. The number of halogens is 1. The molecule has 1 aliphatic rings. The lowest BCUT2D eigenvalue weighted by molar-refractivity contribution is 0.434. The maximum atomic E-state index is 13.6. The van der Waals surface area contributed by atoms with Crippen molar-refractivity contribution < 1.29 is 4.39 Å². The van der Waals surface area contributed by atoms with Crippen LogP contribution in [0.3, 0.4) is 0 Å². The predicted octanol–water partition coefficient (Wildman–Crippen LogP) is 3.88. The molecule has 1 aliphatic carbocycles. The quantitative estimate of drug-likeness (QED) is 0.820. The summed E-state index contributed by atoms with van der Waals surface area (Å²) in [5.41, 5.74) is 1.41. The van der Waals surface area contributed by atoms with Crippen molar-refractivity contribution in [1.82, 2.24) is 9.55 Å². The van der Waals surface area contributed by atoms with Gasteiger partial charge < -0.3 is 9.55 Å². The number of fused-ring (bicyclic) bond motifs is 1. The highest BCUT2D eigenvalue weighted by Gasteiger charge is 2.28. The van der Waals surface area contributed by atoms with Gasteiger partial charge >= 0.3 is 0 Å². The van der Waals surface area contributed by atoms with Crippen molar-refractivity contribution in [3.05, 3.63) is 28.8 Å². The number of hydrogen-bond acceptors (Lipinski definition) is 1. The molecule has 1 N–H and O–H groups in total. The zero-order chi connectivity index (χ0) is 12.0. The fraction of sp³-hybridized carbons (Fsp3) is 0.462. The van der Waals surface area contributed by atoms with Crippen LogP contribution in [0.25, 0.3) is 11.0 Å². The maximum absolute atomic E-state index is 13.6. The molecule has 0 bridgehead atoms. The van der Waals surface area contributed by atoms with Crippen molar-refractivity contribution >= 4 is 23.3 Å². The average molecular weight is 250 g/mol. The monoisotopic (exact) mass is 250 g/mol. The summed E-state index contributed by atoms with van der Waals surface area (Å²) in [6, 6.07) is 5.12. The Bertz CT molecular complexity index is 609. The van der Waals surface area contributed by atoms with Crippen LogP contribution in [0.15, 0.2) is 18.2 Å². The molecule has 3 rings (SSSR count). The molecule has 90 valence electrons. The first-order chi connectivity index (χ1) is 8.16. The Hall–Kier alpha value is -1.16. The third-order valence-electron chi connectivity index (χ3n) is 3.66. The summed E-state index contributed by atoms with van der Waals surface area (Å²) in [5.74, 6) is 1.21. The van der Waals surface area contributed by atoms with Crippen molar-refractivity contribution in [2.24, 2.45) is 11.8 Å². The van der Waals surface area contributed by atoms with Crippen molar-refractivity contribution in [3.63, 3.8) is 0 Å². The van der Waals surface area contributed by atoms with E-state index in [1.54, 1.807) is 6.07 Å². The second-order valence-electron chi connectivity index (χ2n) is 4.99. The van der Waals surface area contributed by atoms with E-state index in [2.05, 4.69) is 11.9 Å². The van der Waals surface area contributed by atoms with Crippen molar-refractivity contribution in [3.8, 4) is 0 Å². The molecule has 4 heteroatoms. The van der Waals surface area contributed by atoms with E-state index >= 15 is 0 Å². The number of aromatic nitrogens is 2. The van der Waals surface area contributed by atoms with Crippen LogP contribution >= 0.6 is 12.2 Å². The van der Waals surface area contributed by atoms with Gasteiger partial charge in [-0.05, 0) is 49.0 Å². The lowest BCUT2D eigenvalue weighted by Crippen LogP contribution is -2.09. The van der Waals surface area contributed by atoms with Crippen LogP contribution in [0.2, 0.25) is 0 Å². The van der Waals surface area contributed by atoms with Gasteiger partial charge in [-0.2, -0.15) is 0 Å². The summed E-state index contributed by atoms with van der Waals surface area (Å²) in [6.45, 7) is 3.13. The summed E-state index contributed by atoms with van der Waals surface area (Å²) < 4.78 is 16.2. The summed E-state index contributed by atoms with van der Waals surface area (Å²) in [4.78, 5) is 2.96. The summed E-state index contributed by atoms with van der Waals surface area (Å²) in [6.07, 6.45) is 2.65. The van der Waals surface area contributed by atoms with E-state index in [1.807, 2.05) is 10.6 Å². The van der Waals surface area contributed by atoms with E-state index in [9.17, 15) is 4.39 Å². The molecule has 0 radical (unpaired) electrons. The Morgan fingerprint density at radius 2 is 2.29 bits per heavy atom. The highest BCUT2D eigenvalue weighted by atomic mass is 32.1. The number of H-pyrrole nitrogens is 1. The van der Waals surface area contributed by atoms with Crippen LogP contribution in [0.4, 0.5) is 4.39 Å². The molecule has 17 heavy (non-hydrogen) atoms. The second-order valence-corrected chi connectivity index (χ2v) is 5.38. The average Bonchev–Trinajstić information content (AvgIpc) is 3.08. The smallest absolute Gasteiger partial charge is 0.178 e. The molecule has 0 spiro atoms. The van der Waals surface area contributed by atoms with E-state index in [4.69, 9.17) is 12.2 Å². The predicted molar refractivity (Wildman–Crippen MR) is 69.0 cm³/mol. The molecule has 1 unspecified atom stereocenters. The van der Waals surface area contributed by atoms with Gasteiger partial charge in [0.1, 0.15) is 11.3 Å². The first kappa shape index (κ1) is 11.0. The van der Waals surface area contributed by atoms with Crippen LogP contribution in [0, 0.1) is 22.4 Å². The number of hydrogen-bond donors (Lipinski definition) is 1. The number of benzene rings is 1. The molecule has 1 aromatic carbocycles. The number of para-hydroxylation sites is 1. The van der Waals surface area contributed by atoms with E-state index in [0.717, 1.165) is 18.0 Å². The minimum absolute atomic E-state index is 0.230. The molecule has 2 nitrogen and oxygen atoms in total. The molecule has 1 aromatic heterocycles. The van der Waals surface area contributed by atoms with Gasteiger partial charge in [-0.3, -0.25) is 0 Å². The van der Waals surface area contributed by atoms with Gasteiger partial charge in [0.25, 0.3) is 0 Å². The van der Waals surface area contributed by atoms with Gasteiger partial charge in [0.2, 0.25) is 0 Å². The van der Waals surface area contributed by atoms with Gasteiger partial charge in [-0.25, -0.2) is 4.39 Å². The minimum atomic E-state index is -0.230. The number of nitrogens with zero attached hydrogens (tertiary/aromatic N) is 1. The van der Waals surface area contributed by atoms with Crippen molar-refractivity contribution in [2.75, 3.05) is 0 Å². The van der Waals surface area contributed by atoms with Gasteiger partial charge in [0, 0.05) is 6.54 Å². The van der Waals surface area contributed by atoms with Gasteiger partial charge in [0.05, 0.1) is 5.52 Å². The first-order valence-corrected chi connectivity index (χ1v) is 6.44. The molecule has 0 aliphatic heterocycles. The fourth-order valence-corrected chi connectivity index (χ4v) is 2.70. The van der Waals surface area contributed by atoms with Crippen LogP contribution < -0.4 is 0 Å². The molecule has 2 aromatic rings. The highest BCUT2D eigenvalue weighted by molar-refractivity contribution is 7.71. The Kier molecular flexibility index (Phi) is 2.54. The fourth-order valence-electron chi connectivity index (χ4n) is 2.43. The molecule has 0 saturated heterocycles. The molecule has 1 heterocycles. The lowest BCUT2D eigenvalue weighted by atomic mass is 10.1. The lowest BCUT2D eigenvalue weighted by Gasteiger charge is -2.11. The topological polar surface area (TPSA) is 20.7 Å². The Morgan fingerprint density at radius 3 is 3.00 bits per heavy atom. The molecule has 1 fully saturated rings. The standard InChI is InChI=1S/C13H15FN2S/c1-8(9-5-6-9)7-16-11-4-2-3-10(14)12(11)15-13(16)17/h2-4,8-9H,5-7H2,1H3,(H,15,17). The third-order valence-corrected chi connectivity index (χ3v) is 3.98. The summed E-state index contributed by atoms with van der Waals surface area (Å²) in [7, 11) is 0. The van der Waals surface area contributed by atoms with Crippen molar-refractivity contribution in [2.45, 2.75) is 26.3 Å². The zero-order valence-corrected chi connectivity index (χ0v) is 10.6. The molecular formula is C13H15FN2S. The number of rotatable bonds is 3. The first-order valence-electron chi connectivity index (χ1n) is 6.04. The summed E-state index contributed by atoms with van der Waals surface area (Å²) in [5, 5.41) is 0. The Balaban J connectivity index is 2.05. The van der Waals surface area contributed by atoms with Crippen LogP contribution in [0.1, 0.15) is 19.8 Å². The number of aromatic amines is 1. The van der Waals surface area contributed by atoms with Crippen LogP contribution in [-0.2, 0) is 6.54 Å². The normalized spacial score (nSPS) is 17.5. The Labute approximate surface area is 104 Å². The van der Waals surface area contributed by atoms with Gasteiger partial charge in [-0.15, -0.1) is 0 Å². The van der Waals surface area contributed by atoms with E-state index in [0.29, 0.717) is 16.2 Å². The Morgan fingerprint density at radius 1 is 1.53 bits per heavy atom. The molecule has 1 atom stereocenters. The van der Waals surface area contributed by atoms with E-state index in [1.165, 1.54) is 18.9 Å². The highest BCUT2D eigenvalue weighted by Crippen LogP contribution is 2.37. The van der Waals surface area contributed by atoms with Gasteiger partial charge in [-0.1, -0.05) is 13.0 Å². The zero-order valence-electron chi connectivity index (χ0n) is 9.74. The van der Waals surface area contributed by atoms with Crippen LogP contribution in [-0.4, -0.2) is 9.55 Å². The largest absolute Gasteiger partial charge is 0.328 e. The van der Waals surface area contributed by atoms with E-state index in [-0.39, 0.29) is 5.82 Å². The minimum Gasteiger partial charge on any atom is -0.328 e. The molecular weight excluding hydrogens is 235 g/mol. The third kappa shape index (κ3) is 1.90. The molecule has 1 saturated carbocycles. The maximum Gasteiger partial charge on any atom is 0.178 e.